The van der Waals surface area contributed by atoms with Crippen molar-refractivity contribution in [2.45, 2.75) is 32.2 Å². The summed E-state index contributed by atoms with van der Waals surface area (Å²) in [5.41, 5.74) is 2.60. The molecule has 1 saturated heterocycles. The van der Waals surface area contributed by atoms with Gasteiger partial charge in [-0.25, -0.2) is 0 Å². The van der Waals surface area contributed by atoms with Crippen LogP contribution in [0.4, 0.5) is 0 Å². The summed E-state index contributed by atoms with van der Waals surface area (Å²) in [4.78, 5) is 15.0. The molecule has 25 heavy (non-hydrogen) atoms. The number of hydrogen-bond donors (Lipinski definition) is 0. The maximum absolute atomic E-state index is 13.0. The highest BCUT2D eigenvalue weighted by molar-refractivity contribution is 5.93. The van der Waals surface area contributed by atoms with Gasteiger partial charge in [-0.3, -0.25) is 9.48 Å². The predicted octanol–water partition coefficient (Wildman–Crippen LogP) is 2.87. The summed E-state index contributed by atoms with van der Waals surface area (Å²) in [5, 5.41) is 4.30. The van der Waals surface area contributed by atoms with Crippen LogP contribution >= 0.6 is 0 Å². The van der Waals surface area contributed by atoms with Gasteiger partial charge in [-0.15, -0.1) is 0 Å². The molecular formula is C19H23N3O3. The Morgan fingerprint density at radius 1 is 1.16 bits per heavy atom. The van der Waals surface area contributed by atoms with E-state index in [1.54, 1.807) is 4.68 Å². The van der Waals surface area contributed by atoms with Gasteiger partial charge in [-0.05, 0) is 43.5 Å². The van der Waals surface area contributed by atoms with E-state index < -0.39 is 0 Å². The third kappa shape index (κ3) is 2.97. The van der Waals surface area contributed by atoms with Crippen molar-refractivity contribution in [3.05, 3.63) is 41.2 Å². The fraction of sp³-hybridized carbons (Fsp3) is 0.474. The highest BCUT2D eigenvalue weighted by atomic mass is 16.5. The topological polar surface area (TPSA) is 56.6 Å². The molecule has 0 spiro atoms. The minimum absolute atomic E-state index is 0.0395. The molecule has 0 N–H and O–H groups in total. The summed E-state index contributed by atoms with van der Waals surface area (Å²) in [6.07, 6.45) is 2.85. The van der Waals surface area contributed by atoms with Crippen LogP contribution in [0.25, 0.3) is 0 Å². The SMILES string of the molecule is Cc1cc(C(=O)N2CCCC2c2ccc3c(c2)OCCCO3)n(C)n1. The van der Waals surface area contributed by atoms with Gasteiger partial charge in [0.25, 0.3) is 5.91 Å². The van der Waals surface area contributed by atoms with Gasteiger partial charge in [0.05, 0.1) is 24.9 Å². The number of rotatable bonds is 2. The van der Waals surface area contributed by atoms with Crippen LogP contribution in [-0.2, 0) is 7.05 Å². The van der Waals surface area contributed by atoms with Crippen molar-refractivity contribution in [3.63, 3.8) is 0 Å². The van der Waals surface area contributed by atoms with Crippen LogP contribution < -0.4 is 9.47 Å². The summed E-state index contributed by atoms with van der Waals surface area (Å²) in [7, 11) is 1.82. The second-order valence-electron chi connectivity index (χ2n) is 6.71. The molecule has 6 heteroatoms. The number of ether oxygens (including phenoxy) is 2. The second kappa shape index (κ2) is 6.43. The quantitative estimate of drug-likeness (QED) is 0.843. The molecule has 0 bridgehead atoms. The molecule has 0 radical (unpaired) electrons. The molecule has 1 fully saturated rings. The summed E-state index contributed by atoms with van der Waals surface area (Å²) in [6.45, 7) is 4.02. The van der Waals surface area contributed by atoms with Gasteiger partial charge in [0.2, 0.25) is 0 Å². The molecule has 2 aliphatic heterocycles. The highest BCUT2D eigenvalue weighted by Gasteiger charge is 2.32. The van der Waals surface area contributed by atoms with E-state index in [0.29, 0.717) is 18.9 Å². The van der Waals surface area contributed by atoms with Gasteiger partial charge in [-0.1, -0.05) is 6.07 Å². The Kier molecular flexibility index (Phi) is 4.11. The third-order valence-corrected chi connectivity index (χ3v) is 4.89. The van der Waals surface area contributed by atoms with Crippen molar-refractivity contribution in [2.75, 3.05) is 19.8 Å². The number of hydrogen-bond acceptors (Lipinski definition) is 4. The molecule has 1 atom stereocenters. The van der Waals surface area contributed by atoms with Crippen LogP contribution in [0.15, 0.2) is 24.3 Å². The van der Waals surface area contributed by atoms with Crippen molar-refractivity contribution in [1.29, 1.82) is 0 Å². The predicted molar refractivity (Wildman–Crippen MR) is 93.0 cm³/mol. The smallest absolute Gasteiger partial charge is 0.272 e. The Labute approximate surface area is 147 Å². The molecule has 3 heterocycles. The minimum atomic E-state index is 0.0395. The molecule has 1 aromatic carbocycles. The zero-order chi connectivity index (χ0) is 17.4. The maximum atomic E-state index is 13.0. The number of carbonyl (C=O) groups is 1. The standard InChI is InChI=1S/C19H23N3O3/c1-13-11-16(21(2)20-13)19(23)22-8-3-5-15(22)14-6-7-17-18(12-14)25-10-4-9-24-17/h6-7,11-12,15H,3-5,8-10H2,1-2H3. The first-order valence-corrected chi connectivity index (χ1v) is 8.84. The van der Waals surface area contributed by atoms with Crippen molar-refractivity contribution in [3.8, 4) is 11.5 Å². The maximum Gasteiger partial charge on any atom is 0.272 e. The van der Waals surface area contributed by atoms with E-state index in [1.165, 1.54) is 0 Å². The number of likely N-dealkylation sites (tertiary alicyclic amines) is 1. The Morgan fingerprint density at radius 3 is 2.72 bits per heavy atom. The number of nitrogens with zero attached hydrogens (tertiary/aromatic N) is 3. The molecule has 6 nitrogen and oxygen atoms in total. The molecule has 2 aliphatic rings. The molecular weight excluding hydrogens is 318 g/mol. The molecule has 1 aromatic heterocycles. The van der Waals surface area contributed by atoms with Crippen LogP contribution in [0.3, 0.4) is 0 Å². The van der Waals surface area contributed by atoms with Crippen molar-refractivity contribution in [2.24, 2.45) is 7.05 Å². The van der Waals surface area contributed by atoms with Crippen LogP contribution in [0.2, 0.25) is 0 Å². The molecule has 4 rings (SSSR count). The van der Waals surface area contributed by atoms with E-state index in [9.17, 15) is 4.79 Å². The number of benzene rings is 1. The van der Waals surface area contributed by atoms with E-state index >= 15 is 0 Å². The summed E-state index contributed by atoms with van der Waals surface area (Å²) in [6, 6.07) is 7.97. The van der Waals surface area contributed by atoms with Gasteiger partial charge < -0.3 is 14.4 Å². The summed E-state index contributed by atoms with van der Waals surface area (Å²) in [5.74, 6) is 1.61. The molecule has 132 valence electrons. The van der Waals surface area contributed by atoms with Gasteiger partial charge in [0.15, 0.2) is 11.5 Å². The van der Waals surface area contributed by atoms with E-state index in [0.717, 1.165) is 48.6 Å². The van der Waals surface area contributed by atoms with Crippen molar-refractivity contribution >= 4 is 5.91 Å². The van der Waals surface area contributed by atoms with Crippen molar-refractivity contribution < 1.29 is 14.3 Å². The number of aryl methyl sites for hydroxylation is 2. The number of aromatic nitrogens is 2. The molecule has 1 unspecified atom stereocenters. The van der Waals surface area contributed by atoms with Gasteiger partial charge in [0.1, 0.15) is 5.69 Å². The normalized spacial score (nSPS) is 19.8. The fourth-order valence-electron chi connectivity index (χ4n) is 3.70. The van der Waals surface area contributed by atoms with Gasteiger partial charge in [-0.2, -0.15) is 5.10 Å². The molecule has 2 aromatic rings. The second-order valence-corrected chi connectivity index (χ2v) is 6.71. The van der Waals surface area contributed by atoms with E-state index in [4.69, 9.17) is 9.47 Å². The van der Waals surface area contributed by atoms with Crippen LogP contribution in [0.1, 0.15) is 47.1 Å². The lowest BCUT2D eigenvalue weighted by Gasteiger charge is -2.25. The highest BCUT2D eigenvalue weighted by Crippen LogP contribution is 2.38. The fourth-order valence-corrected chi connectivity index (χ4v) is 3.70. The summed E-state index contributed by atoms with van der Waals surface area (Å²) >= 11 is 0. The minimum Gasteiger partial charge on any atom is -0.490 e. The largest absolute Gasteiger partial charge is 0.490 e. The lowest BCUT2D eigenvalue weighted by molar-refractivity contribution is 0.0724. The first-order valence-electron chi connectivity index (χ1n) is 8.84. The van der Waals surface area contributed by atoms with Gasteiger partial charge >= 0.3 is 0 Å². The third-order valence-electron chi connectivity index (χ3n) is 4.89. The lowest BCUT2D eigenvalue weighted by Crippen LogP contribution is -2.32. The summed E-state index contributed by atoms with van der Waals surface area (Å²) < 4.78 is 13.2. The van der Waals surface area contributed by atoms with Crippen LogP contribution in [0, 0.1) is 6.92 Å². The molecule has 1 amide bonds. The van der Waals surface area contributed by atoms with E-state index in [2.05, 4.69) is 11.2 Å². The Bertz CT molecular complexity index is 799. The number of amides is 1. The average molecular weight is 341 g/mol. The molecule has 0 aliphatic carbocycles. The first-order chi connectivity index (χ1) is 12.1. The van der Waals surface area contributed by atoms with Gasteiger partial charge in [0, 0.05) is 20.0 Å². The monoisotopic (exact) mass is 341 g/mol. The van der Waals surface area contributed by atoms with Crippen LogP contribution in [-0.4, -0.2) is 40.3 Å². The van der Waals surface area contributed by atoms with Crippen LogP contribution in [0.5, 0.6) is 11.5 Å². The van der Waals surface area contributed by atoms with E-state index in [1.807, 2.05) is 37.1 Å². The lowest BCUT2D eigenvalue weighted by atomic mass is 10.0. The van der Waals surface area contributed by atoms with Crippen molar-refractivity contribution in [1.82, 2.24) is 14.7 Å². The number of carbonyl (C=O) groups excluding carboxylic acids is 1. The van der Waals surface area contributed by atoms with E-state index in [-0.39, 0.29) is 11.9 Å². The Hall–Kier alpha value is -2.50. The first kappa shape index (κ1) is 16.0. The Morgan fingerprint density at radius 2 is 1.96 bits per heavy atom. The zero-order valence-corrected chi connectivity index (χ0v) is 14.7. The number of fused-ring (bicyclic) bond motifs is 1. The average Bonchev–Trinajstić information content (AvgIpc) is 3.13. The zero-order valence-electron chi connectivity index (χ0n) is 14.7. The Balaban J connectivity index is 1.62. The molecule has 0 saturated carbocycles.